The molecule has 1 heterocycles. The van der Waals surface area contributed by atoms with Gasteiger partial charge in [0, 0.05) is 12.1 Å². The minimum Gasteiger partial charge on any atom is -0.393 e. The molecule has 4 nitrogen and oxygen atoms in total. The maximum Gasteiger partial charge on any atom is 0.253 e. The number of carbonyl (C=O) groups excluding carboxylic acids is 1. The first-order valence-electron chi connectivity index (χ1n) is 7.98. The summed E-state index contributed by atoms with van der Waals surface area (Å²) in [6, 6.07) is 13.5. The summed E-state index contributed by atoms with van der Waals surface area (Å²) < 4.78 is 0. The monoisotopic (exact) mass is 312 g/mol. The Morgan fingerprint density at radius 3 is 2.48 bits per heavy atom. The summed E-state index contributed by atoms with van der Waals surface area (Å²) in [5, 5.41) is 12.6. The van der Waals surface area contributed by atoms with Crippen molar-refractivity contribution in [2.45, 2.75) is 33.3 Å². The zero-order chi connectivity index (χ0) is 16.8. The number of aryl methyl sites for hydroxylation is 1. The quantitative estimate of drug-likeness (QED) is 0.861. The zero-order valence-corrected chi connectivity index (χ0v) is 13.9. The lowest BCUT2D eigenvalue weighted by atomic mass is 10.0. The number of amides is 1. The second kappa shape index (κ2) is 7.88. The molecule has 0 bridgehead atoms. The molecule has 0 spiro atoms. The molecule has 1 aromatic heterocycles. The SMILES string of the molecule is Cc1nc(-c2ccccc2)ccc1C(=O)NCCC(O)C(C)C. The highest BCUT2D eigenvalue weighted by atomic mass is 16.3. The second-order valence-electron chi connectivity index (χ2n) is 6.05. The number of benzene rings is 1. The second-order valence-corrected chi connectivity index (χ2v) is 6.05. The lowest BCUT2D eigenvalue weighted by molar-refractivity contribution is 0.0919. The van der Waals surface area contributed by atoms with E-state index >= 15 is 0 Å². The van der Waals surface area contributed by atoms with Crippen molar-refractivity contribution in [1.29, 1.82) is 0 Å². The van der Waals surface area contributed by atoms with Crippen LogP contribution in [0.3, 0.4) is 0 Å². The summed E-state index contributed by atoms with van der Waals surface area (Å²) >= 11 is 0. The largest absolute Gasteiger partial charge is 0.393 e. The summed E-state index contributed by atoms with van der Waals surface area (Å²) in [5.74, 6) is 0.0472. The molecule has 2 rings (SSSR count). The predicted molar refractivity (Wildman–Crippen MR) is 92.2 cm³/mol. The third kappa shape index (κ3) is 4.63. The minimum absolute atomic E-state index is 0.148. The Bertz CT molecular complexity index is 654. The van der Waals surface area contributed by atoms with Crippen LogP contribution in [0.4, 0.5) is 0 Å². The fourth-order valence-electron chi connectivity index (χ4n) is 2.33. The van der Waals surface area contributed by atoms with Gasteiger partial charge in [-0.15, -0.1) is 0 Å². The number of carbonyl (C=O) groups is 1. The van der Waals surface area contributed by atoms with Crippen molar-refractivity contribution in [3.63, 3.8) is 0 Å². The molecule has 0 aliphatic rings. The van der Waals surface area contributed by atoms with Crippen LogP contribution in [0.2, 0.25) is 0 Å². The van der Waals surface area contributed by atoms with Crippen LogP contribution >= 0.6 is 0 Å². The smallest absolute Gasteiger partial charge is 0.253 e. The third-order valence-electron chi connectivity index (χ3n) is 3.90. The van der Waals surface area contributed by atoms with Crippen LogP contribution < -0.4 is 5.32 Å². The molecule has 2 N–H and O–H groups in total. The van der Waals surface area contributed by atoms with E-state index in [2.05, 4.69) is 10.3 Å². The number of nitrogens with zero attached hydrogens (tertiary/aromatic N) is 1. The van der Waals surface area contributed by atoms with Gasteiger partial charge in [0.2, 0.25) is 0 Å². The van der Waals surface area contributed by atoms with Gasteiger partial charge in [0.1, 0.15) is 0 Å². The summed E-state index contributed by atoms with van der Waals surface area (Å²) in [5.41, 5.74) is 3.16. The average Bonchev–Trinajstić information content (AvgIpc) is 2.55. The molecule has 0 saturated carbocycles. The molecule has 0 radical (unpaired) electrons. The van der Waals surface area contributed by atoms with Gasteiger partial charge in [0.25, 0.3) is 5.91 Å². The van der Waals surface area contributed by atoms with Crippen LogP contribution in [0.15, 0.2) is 42.5 Å². The number of pyridine rings is 1. The zero-order valence-electron chi connectivity index (χ0n) is 13.9. The Labute approximate surface area is 137 Å². The Morgan fingerprint density at radius 2 is 1.87 bits per heavy atom. The van der Waals surface area contributed by atoms with Crippen LogP contribution in [-0.4, -0.2) is 28.6 Å². The van der Waals surface area contributed by atoms with Crippen LogP contribution in [0.25, 0.3) is 11.3 Å². The van der Waals surface area contributed by atoms with E-state index in [1.54, 1.807) is 6.07 Å². The number of aromatic nitrogens is 1. The Hall–Kier alpha value is -2.20. The molecule has 1 atom stereocenters. The number of nitrogens with one attached hydrogen (secondary N) is 1. The van der Waals surface area contributed by atoms with Crippen LogP contribution in [0.5, 0.6) is 0 Å². The van der Waals surface area contributed by atoms with Gasteiger partial charge in [-0.25, -0.2) is 0 Å². The van der Waals surface area contributed by atoms with Crippen molar-refractivity contribution in [3.8, 4) is 11.3 Å². The topological polar surface area (TPSA) is 62.2 Å². The van der Waals surface area contributed by atoms with Crippen molar-refractivity contribution in [1.82, 2.24) is 10.3 Å². The average molecular weight is 312 g/mol. The standard InChI is InChI=1S/C19H24N2O2/c1-13(2)18(22)11-12-20-19(23)16-9-10-17(21-14(16)3)15-7-5-4-6-8-15/h4-10,13,18,22H,11-12H2,1-3H3,(H,20,23). The molecule has 4 heteroatoms. The van der Waals surface area contributed by atoms with E-state index in [0.29, 0.717) is 24.2 Å². The number of aliphatic hydroxyl groups excluding tert-OH is 1. The van der Waals surface area contributed by atoms with Gasteiger partial charge >= 0.3 is 0 Å². The van der Waals surface area contributed by atoms with E-state index in [-0.39, 0.29) is 11.8 Å². The van der Waals surface area contributed by atoms with E-state index < -0.39 is 6.10 Å². The summed E-state index contributed by atoms with van der Waals surface area (Å²) in [6.45, 7) is 6.22. The number of aliphatic hydroxyl groups is 1. The molecule has 0 saturated heterocycles. The normalized spacial score (nSPS) is 12.2. The van der Waals surface area contributed by atoms with E-state index in [9.17, 15) is 9.90 Å². The van der Waals surface area contributed by atoms with E-state index in [1.165, 1.54) is 0 Å². The van der Waals surface area contributed by atoms with Crippen molar-refractivity contribution in [3.05, 3.63) is 53.7 Å². The molecule has 122 valence electrons. The summed E-state index contributed by atoms with van der Waals surface area (Å²) in [7, 11) is 0. The Balaban J connectivity index is 2.02. The lowest BCUT2D eigenvalue weighted by Crippen LogP contribution is -2.29. The lowest BCUT2D eigenvalue weighted by Gasteiger charge is -2.15. The van der Waals surface area contributed by atoms with E-state index in [4.69, 9.17) is 0 Å². The van der Waals surface area contributed by atoms with Gasteiger partial charge < -0.3 is 10.4 Å². The highest BCUT2D eigenvalue weighted by molar-refractivity contribution is 5.95. The molecular weight excluding hydrogens is 288 g/mol. The van der Waals surface area contributed by atoms with Crippen molar-refractivity contribution < 1.29 is 9.90 Å². The fourth-order valence-corrected chi connectivity index (χ4v) is 2.33. The maximum absolute atomic E-state index is 12.2. The first kappa shape index (κ1) is 17.2. The van der Waals surface area contributed by atoms with Gasteiger partial charge in [-0.1, -0.05) is 44.2 Å². The number of hydrogen-bond donors (Lipinski definition) is 2. The molecule has 1 aromatic carbocycles. The van der Waals surface area contributed by atoms with Gasteiger partial charge in [-0.05, 0) is 31.4 Å². The number of hydrogen-bond acceptors (Lipinski definition) is 3. The first-order valence-corrected chi connectivity index (χ1v) is 7.98. The van der Waals surface area contributed by atoms with Gasteiger partial charge in [-0.2, -0.15) is 0 Å². The predicted octanol–water partition coefficient (Wildman–Crippen LogP) is 3.19. The van der Waals surface area contributed by atoms with Crippen LogP contribution in [0, 0.1) is 12.8 Å². The van der Waals surface area contributed by atoms with Crippen molar-refractivity contribution in [2.24, 2.45) is 5.92 Å². The minimum atomic E-state index is -0.394. The van der Waals surface area contributed by atoms with Gasteiger partial charge in [0.05, 0.1) is 23.1 Å². The molecule has 0 aliphatic heterocycles. The molecule has 1 unspecified atom stereocenters. The van der Waals surface area contributed by atoms with Crippen LogP contribution in [-0.2, 0) is 0 Å². The molecule has 23 heavy (non-hydrogen) atoms. The maximum atomic E-state index is 12.2. The van der Waals surface area contributed by atoms with Crippen LogP contribution in [0.1, 0.15) is 36.3 Å². The first-order chi connectivity index (χ1) is 11.0. The molecule has 1 amide bonds. The highest BCUT2D eigenvalue weighted by Crippen LogP contribution is 2.18. The third-order valence-corrected chi connectivity index (χ3v) is 3.90. The fraction of sp³-hybridized carbons (Fsp3) is 0.368. The van der Waals surface area contributed by atoms with Crippen molar-refractivity contribution >= 4 is 5.91 Å². The molecule has 0 fully saturated rings. The molecule has 2 aromatic rings. The Kier molecular flexibility index (Phi) is 5.88. The molecular formula is C19H24N2O2. The summed E-state index contributed by atoms with van der Waals surface area (Å²) in [4.78, 5) is 16.8. The highest BCUT2D eigenvalue weighted by Gasteiger charge is 2.13. The van der Waals surface area contributed by atoms with Crippen molar-refractivity contribution in [2.75, 3.05) is 6.54 Å². The Morgan fingerprint density at radius 1 is 1.17 bits per heavy atom. The van der Waals surface area contributed by atoms with Gasteiger partial charge in [0.15, 0.2) is 0 Å². The molecule has 0 aliphatic carbocycles. The van der Waals surface area contributed by atoms with Gasteiger partial charge in [-0.3, -0.25) is 9.78 Å². The van der Waals surface area contributed by atoms with E-state index in [0.717, 1.165) is 11.3 Å². The summed E-state index contributed by atoms with van der Waals surface area (Å²) in [6.07, 6.45) is 0.160. The number of rotatable bonds is 6. The van der Waals surface area contributed by atoms with E-state index in [1.807, 2.05) is 57.2 Å².